The van der Waals surface area contributed by atoms with Crippen LogP contribution in [0.5, 0.6) is 0 Å². The molecule has 2 heterocycles. The third kappa shape index (κ3) is 2.45. The summed E-state index contributed by atoms with van der Waals surface area (Å²) in [5, 5.41) is 9.74. The van der Waals surface area contributed by atoms with E-state index in [4.69, 9.17) is 0 Å². The third-order valence-corrected chi connectivity index (χ3v) is 2.29. The van der Waals surface area contributed by atoms with Gasteiger partial charge < -0.3 is 10.6 Å². The van der Waals surface area contributed by atoms with Crippen LogP contribution in [-0.2, 0) is 0 Å². The first-order valence-corrected chi connectivity index (χ1v) is 5.58. The van der Waals surface area contributed by atoms with E-state index in [1.807, 2.05) is 6.92 Å². The number of carbonyl (C=O) groups is 1. The van der Waals surface area contributed by atoms with Crippen LogP contribution in [-0.4, -0.2) is 39.2 Å². The van der Waals surface area contributed by atoms with Crippen molar-refractivity contribution in [1.82, 2.24) is 25.1 Å². The van der Waals surface area contributed by atoms with Gasteiger partial charge in [0, 0.05) is 25.9 Å². The molecule has 7 nitrogen and oxygen atoms in total. The molecule has 0 aliphatic rings. The van der Waals surface area contributed by atoms with E-state index >= 15 is 0 Å². The molecule has 7 heteroatoms. The van der Waals surface area contributed by atoms with Crippen molar-refractivity contribution >= 4 is 11.7 Å². The molecule has 2 rings (SSSR count). The van der Waals surface area contributed by atoms with Crippen LogP contribution in [0.15, 0.2) is 24.7 Å². The van der Waals surface area contributed by atoms with Gasteiger partial charge in [0.05, 0.1) is 0 Å². The van der Waals surface area contributed by atoms with Gasteiger partial charge in [-0.1, -0.05) is 0 Å². The Kier molecular flexibility index (Phi) is 3.52. The van der Waals surface area contributed by atoms with E-state index in [9.17, 15) is 4.79 Å². The molecular formula is C11H14N6O. The number of nitrogens with zero attached hydrogens (tertiary/aromatic N) is 4. The number of anilines is 1. The second-order valence-electron chi connectivity index (χ2n) is 3.52. The highest BCUT2D eigenvalue weighted by molar-refractivity contribution is 5.91. The molecule has 0 aliphatic heterocycles. The molecule has 0 aliphatic carbocycles. The van der Waals surface area contributed by atoms with Gasteiger partial charge in [0.2, 0.25) is 0 Å². The van der Waals surface area contributed by atoms with Crippen LogP contribution in [0, 0.1) is 0 Å². The lowest BCUT2D eigenvalue weighted by atomic mass is 10.4. The molecule has 0 unspecified atom stereocenters. The summed E-state index contributed by atoms with van der Waals surface area (Å²) >= 11 is 0. The van der Waals surface area contributed by atoms with Crippen molar-refractivity contribution in [3.8, 4) is 5.82 Å². The molecule has 94 valence electrons. The maximum atomic E-state index is 11.4. The Labute approximate surface area is 104 Å². The van der Waals surface area contributed by atoms with Gasteiger partial charge in [-0.05, 0) is 13.0 Å². The van der Waals surface area contributed by atoms with Gasteiger partial charge in [-0.2, -0.15) is 5.10 Å². The molecule has 0 bridgehead atoms. The Morgan fingerprint density at radius 1 is 1.44 bits per heavy atom. The zero-order chi connectivity index (χ0) is 13.0. The normalized spacial score (nSPS) is 10.1. The van der Waals surface area contributed by atoms with Gasteiger partial charge >= 0.3 is 0 Å². The van der Waals surface area contributed by atoms with Gasteiger partial charge in [0.15, 0.2) is 11.5 Å². The number of aromatic nitrogens is 4. The van der Waals surface area contributed by atoms with Gasteiger partial charge in [0.1, 0.15) is 12.1 Å². The van der Waals surface area contributed by atoms with Crippen molar-refractivity contribution < 1.29 is 4.79 Å². The number of nitrogens with one attached hydrogen (secondary N) is 2. The van der Waals surface area contributed by atoms with Crippen LogP contribution in [0.1, 0.15) is 17.4 Å². The van der Waals surface area contributed by atoms with Crippen molar-refractivity contribution in [3.63, 3.8) is 0 Å². The Morgan fingerprint density at radius 2 is 2.28 bits per heavy atom. The van der Waals surface area contributed by atoms with Gasteiger partial charge in [0.25, 0.3) is 5.91 Å². The molecule has 1 amide bonds. The lowest BCUT2D eigenvalue weighted by Gasteiger charge is -2.04. The highest BCUT2D eigenvalue weighted by Gasteiger charge is 2.08. The summed E-state index contributed by atoms with van der Waals surface area (Å²) in [6.07, 6.45) is 3.14. The molecule has 18 heavy (non-hydrogen) atoms. The minimum absolute atomic E-state index is 0.227. The van der Waals surface area contributed by atoms with Crippen LogP contribution in [0.25, 0.3) is 5.82 Å². The Hall–Kier alpha value is -2.44. The number of hydrogen-bond donors (Lipinski definition) is 2. The molecule has 2 aromatic rings. The maximum Gasteiger partial charge on any atom is 0.271 e. The lowest BCUT2D eigenvalue weighted by Crippen LogP contribution is -2.18. The molecular weight excluding hydrogens is 232 g/mol. The molecule has 0 atom stereocenters. The molecule has 2 N–H and O–H groups in total. The van der Waals surface area contributed by atoms with Crippen molar-refractivity contribution in [2.45, 2.75) is 6.92 Å². The molecule has 0 saturated heterocycles. The van der Waals surface area contributed by atoms with Crippen molar-refractivity contribution in [2.75, 3.05) is 18.9 Å². The number of rotatable bonds is 4. The Balaban J connectivity index is 2.28. The minimum Gasteiger partial charge on any atom is -0.370 e. The lowest BCUT2D eigenvalue weighted by molar-refractivity contribution is 0.0957. The first-order chi connectivity index (χ1) is 8.74. The fourth-order valence-corrected chi connectivity index (χ4v) is 1.45. The van der Waals surface area contributed by atoms with Crippen molar-refractivity contribution in [3.05, 3.63) is 30.4 Å². The van der Waals surface area contributed by atoms with Crippen molar-refractivity contribution in [2.24, 2.45) is 0 Å². The van der Waals surface area contributed by atoms with E-state index in [2.05, 4.69) is 25.7 Å². The van der Waals surface area contributed by atoms with E-state index in [0.29, 0.717) is 11.5 Å². The molecule has 0 fully saturated rings. The largest absolute Gasteiger partial charge is 0.370 e. The van der Waals surface area contributed by atoms with Crippen LogP contribution >= 0.6 is 0 Å². The number of hydrogen-bond acceptors (Lipinski definition) is 5. The monoisotopic (exact) mass is 246 g/mol. The molecule has 0 spiro atoms. The zero-order valence-electron chi connectivity index (χ0n) is 10.2. The first-order valence-electron chi connectivity index (χ1n) is 5.58. The van der Waals surface area contributed by atoms with Crippen LogP contribution in [0.4, 0.5) is 5.82 Å². The van der Waals surface area contributed by atoms with Gasteiger partial charge in [-0.15, -0.1) is 0 Å². The minimum atomic E-state index is -0.227. The molecule has 0 aromatic carbocycles. The fraction of sp³-hybridized carbons (Fsp3) is 0.273. The van der Waals surface area contributed by atoms with E-state index < -0.39 is 0 Å². The first kappa shape index (κ1) is 12.0. The summed E-state index contributed by atoms with van der Waals surface area (Å²) in [7, 11) is 1.56. The summed E-state index contributed by atoms with van der Waals surface area (Å²) in [4.78, 5) is 19.6. The summed E-state index contributed by atoms with van der Waals surface area (Å²) in [5.41, 5.74) is 0.348. The summed E-state index contributed by atoms with van der Waals surface area (Å²) in [5.74, 6) is 1.10. The molecule has 0 radical (unpaired) electrons. The van der Waals surface area contributed by atoms with Crippen LogP contribution in [0.3, 0.4) is 0 Å². The summed E-state index contributed by atoms with van der Waals surface area (Å²) < 4.78 is 1.53. The summed E-state index contributed by atoms with van der Waals surface area (Å²) in [6.45, 7) is 2.76. The van der Waals surface area contributed by atoms with Gasteiger partial charge in [-0.3, -0.25) is 4.79 Å². The Morgan fingerprint density at radius 3 is 3.00 bits per heavy atom. The smallest absolute Gasteiger partial charge is 0.271 e. The average Bonchev–Trinajstić information content (AvgIpc) is 2.88. The van der Waals surface area contributed by atoms with Crippen LogP contribution < -0.4 is 10.6 Å². The SMILES string of the molecule is CCNc1cc(-n2ccc(C(=O)NC)n2)ncn1. The predicted molar refractivity (Wildman–Crippen MR) is 66.7 cm³/mol. The second kappa shape index (κ2) is 5.26. The standard InChI is InChI=1S/C11H14N6O/c1-3-13-9-6-10(15-7-14-9)17-5-4-8(16-17)11(18)12-2/h4-7H,3H2,1-2H3,(H,12,18)(H,13,14,15). The van der Waals surface area contributed by atoms with Gasteiger partial charge in [-0.25, -0.2) is 14.6 Å². The molecule has 2 aromatic heterocycles. The quantitative estimate of drug-likeness (QED) is 0.818. The van der Waals surface area contributed by atoms with E-state index in [-0.39, 0.29) is 5.91 Å². The number of amides is 1. The van der Waals surface area contributed by atoms with Crippen LogP contribution in [0.2, 0.25) is 0 Å². The van der Waals surface area contributed by atoms with Crippen molar-refractivity contribution in [1.29, 1.82) is 0 Å². The Bertz CT molecular complexity index is 550. The highest BCUT2D eigenvalue weighted by Crippen LogP contribution is 2.08. The second-order valence-corrected chi connectivity index (χ2v) is 3.52. The average molecular weight is 246 g/mol. The maximum absolute atomic E-state index is 11.4. The fourth-order valence-electron chi connectivity index (χ4n) is 1.45. The third-order valence-electron chi connectivity index (χ3n) is 2.29. The zero-order valence-corrected chi connectivity index (χ0v) is 10.2. The summed E-state index contributed by atoms with van der Waals surface area (Å²) in [6, 6.07) is 3.40. The number of carbonyl (C=O) groups excluding carboxylic acids is 1. The molecule has 0 saturated carbocycles. The predicted octanol–water partition coefficient (Wildman–Crippen LogP) is 0.454. The van der Waals surface area contributed by atoms with E-state index in [1.54, 1.807) is 25.4 Å². The van der Waals surface area contributed by atoms with E-state index in [1.165, 1.54) is 11.0 Å². The highest BCUT2D eigenvalue weighted by atomic mass is 16.1. The van der Waals surface area contributed by atoms with E-state index in [0.717, 1.165) is 12.4 Å². The topological polar surface area (TPSA) is 84.7 Å².